The summed E-state index contributed by atoms with van der Waals surface area (Å²) in [5, 5.41) is 11.1. The molecule has 4 heterocycles. The van der Waals surface area contributed by atoms with Gasteiger partial charge >= 0.3 is 0 Å². The van der Waals surface area contributed by atoms with Crippen LogP contribution in [0, 0.1) is 0 Å². The topological polar surface area (TPSA) is 71.2 Å². The third-order valence-corrected chi connectivity index (χ3v) is 5.70. The van der Waals surface area contributed by atoms with E-state index in [4.69, 9.17) is 9.97 Å². The van der Waals surface area contributed by atoms with Gasteiger partial charge in [0.2, 0.25) is 0 Å². The molecule has 0 spiro atoms. The SMILES string of the molecule is CN(C)Cc1nc(NCc2ccnc3ccnn23)c2c(-c3ccccc3)csc2n1. The summed E-state index contributed by atoms with van der Waals surface area (Å²) in [7, 11) is 4.05. The Kier molecular flexibility index (Phi) is 4.86. The summed E-state index contributed by atoms with van der Waals surface area (Å²) in [4.78, 5) is 17.1. The number of thiophene rings is 1. The van der Waals surface area contributed by atoms with E-state index in [1.54, 1.807) is 23.7 Å². The number of aromatic nitrogens is 5. The molecule has 0 aliphatic heterocycles. The van der Waals surface area contributed by atoms with Crippen molar-refractivity contribution in [2.75, 3.05) is 19.4 Å². The first-order valence-electron chi connectivity index (χ1n) is 9.69. The van der Waals surface area contributed by atoms with Gasteiger partial charge in [0.1, 0.15) is 16.5 Å². The number of fused-ring (bicyclic) bond motifs is 2. The van der Waals surface area contributed by atoms with Crippen LogP contribution in [0.4, 0.5) is 5.82 Å². The van der Waals surface area contributed by atoms with Gasteiger partial charge in [0.25, 0.3) is 0 Å². The maximum Gasteiger partial charge on any atom is 0.155 e. The molecule has 0 aliphatic carbocycles. The number of benzene rings is 1. The van der Waals surface area contributed by atoms with Gasteiger partial charge in [-0.05, 0) is 25.7 Å². The van der Waals surface area contributed by atoms with Crippen LogP contribution in [-0.4, -0.2) is 43.6 Å². The third kappa shape index (κ3) is 3.51. The predicted molar refractivity (Wildman–Crippen MR) is 121 cm³/mol. The fourth-order valence-corrected chi connectivity index (χ4v) is 4.46. The highest BCUT2D eigenvalue weighted by Crippen LogP contribution is 2.37. The van der Waals surface area contributed by atoms with Crippen LogP contribution in [0.2, 0.25) is 0 Å². The maximum absolute atomic E-state index is 4.88. The fourth-order valence-electron chi connectivity index (χ4n) is 3.49. The first-order valence-corrected chi connectivity index (χ1v) is 10.6. The van der Waals surface area contributed by atoms with E-state index in [9.17, 15) is 0 Å². The number of hydrogen-bond acceptors (Lipinski definition) is 7. The van der Waals surface area contributed by atoms with Crippen molar-refractivity contribution in [3.63, 3.8) is 0 Å². The van der Waals surface area contributed by atoms with Crippen molar-refractivity contribution < 1.29 is 0 Å². The Morgan fingerprint density at radius 3 is 2.73 bits per heavy atom. The number of anilines is 1. The van der Waals surface area contributed by atoms with E-state index in [1.165, 1.54) is 0 Å². The van der Waals surface area contributed by atoms with Gasteiger partial charge < -0.3 is 10.2 Å². The molecular formula is C22H21N7S. The molecule has 0 saturated heterocycles. The molecule has 8 heteroatoms. The second-order valence-electron chi connectivity index (χ2n) is 7.31. The number of hydrogen-bond donors (Lipinski definition) is 1. The van der Waals surface area contributed by atoms with Crippen LogP contribution >= 0.6 is 11.3 Å². The first kappa shape index (κ1) is 18.7. The molecule has 0 atom stereocenters. The van der Waals surface area contributed by atoms with Crippen molar-refractivity contribution in [2.45, 2.75) is 13.1 Å². The Labute approximate surface area is 178 Å². The molecule has 7 nitrogen and oxygen atoms in total. The van der Waals surface area contributed by atoms with Gasteiger partial charge in [-0.1, -0.05) is 30.3 Å². The molecule has 1 aromatic carbocycles. The lowest BCUT2D eigenvalue weighted by atomic mass is 10.1. The van der Waals surface area contributed by atoms with Gasteiger partial charge in [0, 0.05) is 23.2 Å². The quantitative estimate of drug-likeness (QED) is 0.451. The lowest BCUT2D eigenvalue weighted by molar-refractivity contribution is 0.391. The van der Waals surface area contributed by atoms with Crippen molar-refractivity contribution in [3.05, 3.63) is 71.8 Å². The minimum Gasteiger partial charge on any atom is -0.364 e. The molecule has 5 aromatic rings. The van der Waals surface area contributed by atoms with Crippen molar-refractivity contribution >= 4 is 33.0 Å². The van der Waals surface area contributed by atoms with E-state index in [0.29, 0.717) is 13.1 Å². The Morgan fingerprint density at radius 1 is 1.03 bits per heavy atom. The summed E-state index contributed by atoms with van der Waals surface area (Å²) < 4.78 is 1.85. The minimum absolute atomic E-state index is 0.582. The summed E-state index contributed by atoms with van der Waals surface area (Å²) in [6.07, 6.45) is 3.57. The Bertz CT molecular complexity index is 1310. The Hall–Kier alpha value is -3.36. The van der Waals surface area contributed by atoms with Gasteiger partial charge in [-0.3, -0.25) is 0 Å². The molecule has 0 fully saturated rings. The van der Waals surface area contributed by atoms with Gasteiger partial charge in [0.15, 0.2) is 5.65 Å². The zero-order chi connectivity index (χ0) is 20.5. The number of rotatable bonds is 6. The van der Waals surface area contributed by atoms with Crippen LogP contribution in [0.5, 0.6) is 0 Å². The van der Waals surface area contributed by atoms with Crippen LogP contribution in [0.15, 0.2) is 60.2 Å². The normalized spacial score (nSPS) is 11.6. The van der Waals surface area contributed by atoms with Crippen LogP contribution in [0.25, 0.3) is 27.0 Å². The molecule has 0 unspecified atom stereocenters. The lowest BCUT2D eigenvalue weighted by Crippen LogP contribution is -2.15. The second-order valence-corrected chi connectivity index (χ2v) is 8.17. The maximum atomic E-state index is 4.88. The standard InChI is InChI=1S/C22H21N7S/c1-28(2)13-18-26-21(24-12-16-8-10-23-19-9-11-25-29(16)19)20-17(14-30-22(20)27-18)15-6-4-3-5-7-15/h3-11,14H,12-13H2,1-2H3,(H,24,26,27). The van der Waals surface area contributed by atoms with Crippen LogP contribution in [0.1, 0.15) is 11.5 Å². The van der Waals surface area contributed by atoms with E-state index in [1.807, 2.05) is 36.8 Å². The molecule has 0 aliphatic rings. The van der Waals surface area contributed by atoms with Crippen molar-refractivity contribution in [1.29, 1.82) is 0 Å². The van der Waals surface area contributed by atoms with Crippen molar-refractivity contribution in [3.8, 4) is 11.1 Å². The summed E-state index contributed by atoms with van der Waals surface area (Å²) >= 11 is 1.65. The molecule has 30 heavy (non-hydrogen) atoms. The fraction of sp³-hybridized carbons (Fsp3) is 0.182. The molecule has 0 amide bonds. The third-order valence-electron chi connectivity index (χ3n) is 4.83. The van der Waals surface area contributed by atoms with E-state index in [0.717, 1.165) is 44.3 Å². The Balaban J connectivity index is 1.59. The van der Waals surface area contributed by atoms with E-state index in [2.05, 4.69) is 49.9 Å². The molecule has 0 saturated carbocycles. The summed E-state index contributed by atoms with van der Waals surface area (Å²) in [6.45, 7) is 1.26. The zero-order valence-electron chi connectivity index (χ0n) is 16.8. The molecule has 5 rings (SSSR count). The number of nitrogens with one attached hydrogen (secondary N) is 1. The van der Waals surface area contributed by atoms with Crippen LogP contribution < -0.4 is 5.32 Å². The zero-order valence-corrected chi connectivity index (χ0v) is 17.6. The van der Waals surface area contributed by atoms with Crippen molar-refractivity contribution in [1.82, 2.24) is 29.5 Å². The summed E-state index contributed by atoms with van der Waals surface area (Å²) in [5.74, 6) is 1.64. The van der Waals surface area contributed by atoms with Crippen molar-refractivity contribution in [2.24, 2.45) is 0 Å². The molecule has 150 valence electrons. The second kappa shape index (κ2) is 7.81. The predicted octanol–water partition coefficient (Wildman–Crippen LogP) is 4.07. The van der Waals surface area contributed by atoms with E-state index >= 15 is 0 Å². The Morgan fingerprint density at radius 2 is 1.90 bits per heavy atom. The van der Waals surface area contributed by atoms with Crippen LogP contribution in [-0.2, 0) is 13.1 Å². The average molecular weight is 416 g/mol. The first-order chi connectivity index (χ1) is 14.7. The number of nitrogens with zero attached hydrogens (tertiary/aromatic N) is 6. The van der Waals surface area contributed by atoms with Gasteiger partial charge in [-0.15, -0.1) is 11.3 Å². The van der Waals surface area contributed by atoms with Gasteiger partial charge in [-0.25, -0.2) is 19.5 Å². The smallest absolute Gasteiger partial charge is 0.155 e. The molecule has 0 radical (unpaired) electrons. The monoisotopic (exact) mass is 415 g/mol. The summed E-state index contributed by atoms with van der Waals surface area (Å²) in [5.41, 5.74) is 4.15. The minimum atomic E-state index is 0.582. The largest absolute Gasteiger partial charge is 0.364 e. The lowest BCUT2D eigenvalue weighted by Gasteiger charge is -2.13. The highest BCUT2D eigenvalue weighted by atomic mass is 32.1. The summed E-state index contributed by atoms with van der Waals surface area (Å²) in [6, 6.07) is 14.2. The van der Waals surface area contributed by atoms with E-state index < -0.39 is 0 Å². The molecular weight excluding hydrogens is 394 g/mol. The molecule has 1 N–H and O–H groups in total. The van der Waals surface area contributed by atoms with E-state index in [-0.39, 0.29) is 0 Å². The molecule has 4 aromatic heterocycles. The van der Waals surface area contributed by atoms with Gasteiger partial charge in [0.05, 0.1) is 30.4 Å². The van der Waals surface area contributed by atoms with Crippen LogP contribution in [0.3, 0.4) is 0 Å². The van der Waals surface area contributed by atoms with Gasteiger partial charge in [-0.2, -0.15) is 5.10 Å². The highest BCUT2D eigenvalue weighted by molar-refractivity contribution is 7.17. The highest BCUT2D eigenvalue weighted by Gasteiger charge is 2.16. The molecule has 0 bridgehead atoms. The average Bonchev–Trinajstić information content (AvgIpc) is 3.39.